The molecule has 1 atom stereocenters. The van der Waals surface area contributed by atoms with Crippen LogP contribution in [0.15, 0.2) is 40.9 Å². The van der Waals surface area contributed by atoms with Gasteiger partial charge in [-0.15, -0.1) is 0 Å². The Balaban J connectivity index is 2.43. The fourth-order valence-electron chi connectivity index (χ4n) is 2.59. The van der Waals surface area contributed by atoms with Gasteiger partial charge < -0.3 is 5.32 Å². The van der Waals surface area contributed by atoms with Gasteiger partial charge in [0.05, 0.1) is 6.04 Å². The number of rotatable bonds is 5. The van der Waals surface area contributed by atoms with E-state index in [0.29, 0.717) is 0 Å². The summed E-state index contributed by atoms with van der Waals surface area (Å²) < 4.78 is 1.14. The van der Waals surface area contributed by atoms with Crippen molar-refractivity contribution in [3.05, 3.63) is 68.7 Å². The minimum atomic E-state index is 0.250. The molecule has 2 heteroatoms. The highest BCUT2D eigenvalue weighted by atomic mass is 79.9. The second-order valence-electron chi connectivity index (χ2n) is 5.79. The first-order valence-corrected chi connectivity index (χ1v) is 8.38. The SMILES string of the molecule is CCCNC(c1cc(C)cc(Br)c1)c1ccc(C)c(C)c1. The Hall–Kier alpha value is -1.12. The molecule has 0 bridgehead atoms. The lowest BCUT2D eigenvalue weighted by Gasteiger charge is -2.21. The molecule has 2 rings (SSSR count). The van der Waals surface area contributed by atoms with Crippen LogP contribution in [0.25, 0.3) is 0 Å². The molecule has 0 aliphatic heterocycles. The molecule has 1 N–H and O–H groups in total. The summed E-state index contributed by atoms with van der Waals surface area (Å²) in [6.45, 7) is 9.71. The van der Waals surface area contributed by atoms with Gasteiger partial charge in [0.25, 0.3) is 0 Å². The number of benzene rings is 2. The number of aryl methyl sites for hydroxylation is 3. The third-order valence-electron chi connectivity index (χ3n) is 3.86. The fourth-order valence-corrected chi connectivity index (χ4v) is 3.22. The molecule has 0 spiro atoms. The van der Waals surface area contributed by atoms with Crippen molar-refractivity contribution < 1.29 is 0 Å². The summed E-state index contributed by atoms with van der Waals surface area (Å²) >= 11 is 3.62. The molecule has 0 heterocycles. The molecule has 0 aliphatic carbocycles. The van der Waals surface area contributed by atoms with Gasteiger partial charge in [0.1, 0.15) is 0 Å². The summed E-state index contributed by atoms with van der Waals surface area (Å²) in [6.07, 6.45) is 1.13. The Kier molecular flexibility index (Phi) is 5.60. The van der Waals surface area contributed by atoms with Crippen molar-refractivity contribution >= 4 is 15.9 Å². The topological polar surface area (TPSA) is 12.0 Å². The summed E-state index contributed by atoms with van der Waals surface area (Å²) in [5, 5.41) is 3.68. The molecule has 2 aromatic carbocycles. The molecule has 1 nitrogen and oxygen atoms in total. The molecule has 1 unspecified atom stereocenters. The van der Waals surface area contributed by atoms with Gasteiger partial charge in [-0.2, -0.15) is 0 Å². The molecule has 2 aromatic rings. The van der Waals surface area contributed by atoms with E-state index in [9.17, 15) is 0 Å². The van der Waals surface area contributed by atoms with Gasteiger partial charge in [0.15, 0.2) is 0 Å². The van der Waals surface area contributed by atoms with Gasteiger partial charge in [-0.25, -0.2) is 0 Å². The van der Waals surface area contributed by atoms with Crippen molar-refractivity contribution in [2.24, 2.45) is 0 Å². The molecule has 112 valence electrons. The third-order valence-corrected chi connectivity index (χ3v) is 4.32. The molecule has 0 aromatic heterocycles. The Morgan fingerprint density at radius 2 is 1.71 bits per heavy atom. The summed E-state index contributed by atoms with van der Waals surface area (Å²) in [7, 11) is 0. The van der Waals surface area contributed by atoms with Crippen LogP contribution in [-0.4, -0.2) is 6.54 Å². The molecule has 0 saturated carbocycles. The van der Waals surface area contributed by atoms with Crippen molar-refractivity contribution in [1.29, 1.82) is 0 Å². The van der Waals surface area contributed by atoms with Gasteiger partial charge in [0.2, 0.25) is 0 Å². The van der Waals surface area contributed by atoms with Crippen molar-refractivity contribution in [1.82, 2.24) is 5.32 Å². The maximum Gasteiger partial charge on any atom is 0.0577 e. The first-order valence-electron chi connectivity index (χ1n) is 7.59. The van der Waals surface area contributed by atoms with E-state index in [1.54, 1.807) is 0 Å². The molecular weight excluding hydrogens is 322 g/mol. The van der Waals surface area contributed by atoms with Crippen LogP contribution in [0.5, 0.6) is 0 Å². The molecule has 0 saturated heterocycles. The lowest BCUT2D eigenvalue weighted by Crippen LogP contribution is -2.23. The maximum atomic E-state index is 3.68. The van der Waals surface area contributed by atoms with Crippen LogP contribution in [-0.2, 0) is 0 Å². The molecule has 0 radical (unpaired) electrons. The van der Waals surface area contributed by atoms with E-state index in [1.807, 2.05) is 0 Å². The van der Waals surface area contributed by atoms with Crippen LogP contribution in [0.2, 0.25) is 0 Å². The van der Waals surface area contributed by atoms with Crippen LogP contribution in [0.1, 0.15) is 47.2 Å². The predicted octanol–water partition coefficient (Wildman–Crippen LogP) is 5.46. The standard InChI is InChI=1S/C19H24BrN/c1-5-8-21-19(16-7-6-14(3)15(4)11-16)17-9-13(2)10-18(20)12-17/h6-7,9-12,19,21H,5,8H2,1-4H3. The zero-order valence-electron chi connectivity index (χ0n) is 13.3. The van der Waals surface area contributed by atoms with Crippen LogP contribution in [0.3, 0.4) is 0 Å². The predicted molar refractivity (Wildman–Crippen MR) is 94.9 cm³/mol. The summed E-state index contributed by atoms with van der Waals surface area (Å²) in [5.41, 5.74) is 6.63. The minimum absolute atomic E-state index is 0.250. The zero-order chi connectivity index (χ0) is 15.4. The molecule has 0 fully saturated rings. The second-order valence-corrected chi connectivity index (χ2v) is 6.71. The second kappa shape index (κ2) is 7.24. The highest BCUT2D eigenvalue weighted by Gasteiger charge is 2.14. The van der Waals surface area contributed by atoms with Gasteiger partial charge in [-0.1, -0.05) is 47.1 Å². The maximum absolute atomic E-state index is 3.68. The molecular formula is C19H24BrN. The van der Waals surface area contributed by atoms with E-state index in [0.717, 1.165) is 17.4 Å². The van der Waals surface area contributed by atoms with Crippen LogP contribution in [0, 0.1) is 20.8 Å². The fraction of sp³-hybridized carbons (Fsp3) is 0.368. The van der Waals surface area contributed by atoms with Gasteiger partial charge in [-0.3, -0.25) is 0 Å². The molecule has 0 amide bonds. The van der Waals surface area contributed by atoms with Gasteiger partial charge in [-0.05, 0) is 73.7 Å². The highest BCUT2D eigenvalue weighted by Crippen LogP contribution is 2.27. The monoisotopic (exact) mass is 345 g/mol. The summed E-state index contributed by atoms with van der Waals surface area (Å²) in [6, 6.07) is 13.7. The van der Waals surface area contributed by atoms with E-state index in [4.69, 9.17) is 0 Å². The summed E-state index contributed by atoms with van der Waals surface area (Å²) in [4.78, 5) is 0. The molecule has 0 aliphatic rings. The molecule has 21 heavy (non-hydrogen) atoms. The van der Waals surface area contributed by atoms with Crippen LogP contribution >= 0.6 is 15.9 Å². The van der Waals surface area contributed by atoms with Crippen molar-refractivity contribution in [3.8, 4) is 0 Å². The largest absolute Gasteiger partial charge is 0.306 e. The van der Waals surface area contributed by atoms with Crippen LogP contribution in [0.4, 0.5) is 0 Å². The van der Waals surface area contributed by atoms with E-state index in [1.165, 1.54) is 27.8 Å². The van der Waals surface area contributed by atoms with Crippen molar-refractivity contribution in [2.75, 3.05) is 6.54 Å². The Morgan fingerprint density at radius 1 is 0.952 bits per heavy atom. The number of halogens is 1. The quantitative estimate of drug-likeness (QED) is 0.758. The van der Waals surface area contributed by atoms with Crippen LogP contribution < -0.4 is 5.32 Å². The smallest absolute Gasteiger partial charge is 0.0577 e. The number of hydrogen-bond acceptors (Lipinski definition) is 1. The van der Waals surface area contributed by atoms with E-state index in [2.05, 4.69) is 85.3 Å². The normalized spacial score (nSPS) is 12.4. The Bertz CT molecular complexity index is 599. The van der Waals surface area contributed by atoms with E-state index >= 15 is 0 Å². The third kappa shape index (κ3) is 4.18. The van der Waals surface area contributed by atoms with Gasteiger partial charge in [0, 0.05) is 4.47 Å². The summed E-state index contributed by atoms with van der Waals surface area (Å²) in [5.74, 6) is 0. The number of hydrogen-bond donors (Lipinski definition) is 1. The lowest BCUT2D eigenvalue weighted by molar-refractivity contribution is 0.597. The Morgan fingerprint density at radius 3 is 2.33 bits per heavy atom. The first-order chi connectivity index (χ1) is 10.0. The first kappa shape index (κ1) is 16.3. The number of nitrogens with one attached hydrogen (secondary N) is 1. The van der Waals surface area contributed by atoms with Crippen molar-refractivity contribution in [2.45, 2.75) is 40.2 Å². The van der Waals surface area contributed by atoms with E-state index in [-0.39, 0.29) is 6.04 Å². The van der Waals surface area contributed by atoms with E-state index < -0.39 is 0 Å². The zero-order valence-corrected chi connectivity index (χ0v) is 14.9. The van der Waals surface area contributed by atoms with Crippen molar-refractivity contribution in [3.63, 3.8) is 0 Å². The lowest BCUT2D eigenvalue weighted by atomic mass is 9.94. The average molecular weight is 346 g/mol. The van der Waals surface area contributed by atoms with Gasteiger partial charge >= 0.3 is 0 Å². The Labute approximate surface area is 136 Å². The minimum Gasteiger partial charge on any atom is -0.306 e. The average Bonchev–Trinajstić information content (AvgIpc) is 2.42. The highest BCUT2D eigenvalue weighted by molar-refractivity contribution is 9.10.